The molecule has 3 nitrogen and oxygen atoms in total. The molecule has 0 aliphatic carbocycles. The Labute approximate surface area is 102 Å². The predicted molar refractivity (Wildman–Crippen MR) is 68.7 cm³/mol. The summed E-state index contributed by atoms with van der Waals surface area (Å²) in [6, 6.07) is 10.5. The number of nitrogens with zero attached hydrogens (tertiary/aromatic N) is 2. The van der Waals surface area contributed by atoms with Crippen molar-refractivity contribution in [2.75, 3.05) is 13.6 Å². The molecule has 1 aromatic rings. The highest BCUT2D eigenvalue weighted by molar-refractivity contribution is 5.78. The summed E-state index contributed by atoms with van der Waals surface area (Å²) in [7, 11) is 1.85. The molecule has 1 aliphatic rings. The van der Waals surface area contributed by atoms with E-state index in [1.54, 1.807) is 11.0 Å². The van der Waals surface area contributed by atoms with Crippen LogP contribution in [-0.4, -0.2) is 35.5 Å². The van der Waals surface area contributed by atoms with E-state index in [2.05, 4.69) is 25.6 Å². The zero-order chi connectivity index (χ0) is 12.4. The fraction of sp³-hybridized carbons (Fsp3) is 0.357. The second-order valence-corrected chi connectivity index (χ2v) is 4.43. The summed E-state index contributed by atoms with van der Waals surface area (Å²) in [5.74, 6) is 0. The molecular formula is C14H18N2O. The highest BCUT2D eigenvalue weighted by atomic mass is 16.2. The molecule has 2 rings (SSSR count). The molecule has 1 heterocycles. The summed E-state index contributed by atoms with van der Waals surface area (Å²) in [4.78, 5) is 15.8. The van der Waals surface area contributed by atoms with Crippen molar-refractivity contribution >= 4 is 6.03 Å². The van der Waals surface area contributed by atoms with Crippen LogP contribution < -0.4 is 0 Å². The molecule has 90 valence electrons. The SMILES string of the molecule is C=CCN1C(=O)N(C)C(C)C1c1ccccc1. The molecule has 0 spiro atoms. The van der Waals surface area contributed by atoms with Gasteiger partial charge in [0.25, 0.3) is 0 Å². The monoisotopic (exact) mass is 230 g/mol. The number of carbonyl (C=O) groups excluding carboxylic acids is 1. The molecule has 1 saturated heterocycles. The maximum Gasteiger partial charge on any atom is 0.320 e. The summed E-state index contributed by atoms with van der Waals surface area (Å²) in [6.07, 6.45) is 1.78. The van der Waals surface area contributed by atoms with E-state index in [0.717, 1.165) is 0 Å². The van der Waals surface area contributed by atoms with Gasteiger partial charge in [0.15, 0.2) is 0 Å². The first-order valence-corrected chi connectivity index (χ1v) is 5.86. The van der Waals surface area contributed by atoms with E-state index < -0.39 is 0 Å². The second-order valence-electron chi connectivity index (χ2n) is 4.43. The third-order valence-corrected chi connectivity index (χ3v) is 3.42. The summed E-state index contributed by atoms with van der Waals surface area (Å²) in [5, 5.41) is 0. The molecule has 2 atom stereocenters. The second kappa shape index (κ2) is 4.62. The van der Waals surface area contributed by atoms with E-state index in [0.29, 0.717) is 6.54 Å². The first-order chi connectivity index (χ1) is 8.16. The van der Waals surface area contributed by atoms with Crippen molar-refractivity contribution < 1.29 is 4.79 Å². The van der Waals surface area contributed by atoms with Crippen LogP contribution >= 0.6 is 0 Å². The number of likely N-dealkylation sites (N-methyl/N-ethyl adjacent to an activating group) is 1. The van der Waals surface area contributed by atoms with Crippen molar-refractivity contribution in [1.29, 1.82) is 0 Å². The summed E-state index contributed by atoms with van der Waals surface area (Å²) in [5.41, 5.74) is 1.18. The average molecular weight is 230 g/mol. The molecule has 3 heteroatoms. The summed E-state index contributed by atoms with van der Waals surface area (Å²) < 4.78 is 0. The molecular weight excluding hydrogens is 212 g/mol. The van der Waals surface area contributed by atoms with Gasteiger partial charge in [-0.15, -0.1) is 6.58 Å². The van der Waals surface area contributed by atoms with Gasteiger partial charge in [-0.25, -0.2) is 4.79 Å². The Morgan fingerprint density at radius 2 is 2.00 bits per heavy atom. The number of rotatable bonds is 3. The first-order valence-electron chi connectivity index (χ1n) is 5.86. The number of urea groups is 1. The van der Waals surface area contributed by atoms with Crippen molar-refractivity contribution in [3.8, 4) is 0 Å². The number of hydrogen-bond donors (Lipinski definition) is 0. The Morgan fingerprint density at radius 1 is 1.35 bits per heavy atom. The van der Waals surface area contributed by atoms with E-state index in [1.807, 2.05) is 30.1 Å². The minimum Gasteiger partial charge on any atom is -0.323 e. The van der Waals surface area contributed by atoms with Gasteiger partial charge < -0.3 is 9.80 Å². The lowest BCUT2D eigenvalue weighted by molar-refractivity contribution is 0.196. The third-order valence-electron chi connectivity index (χ3n) is 3.42. The van der Waals surface area contributed by atoms with Crippen LogP contribution in [0, 0.1) is 0 Å². The number of benzene rings is 1. The lowest BCUT2D eigenvalue weighted by Gasteiger charge is -2.24. The molecule has 1 aromatic carbocycles. The van der Waals surface area contributed by atoms with Crippen LogP contribution in [0.5, 0.6) is 0 Å². The molecule has 1 aliphatic heterocycles. The molecule has 0 radical (unpaired) electrons. The summed E-state index contributed by atoms with van der Waals surface area (Å²) in [6.45, 7) is 6.40. The van der Waals surface area contributed by atoms with Crippen LogP contribution in [-0.2, 0) is 0 Å². The van der Waals surface area contributed by atoms with Gasteiger partial charge >= 0.3 is 6.03 Å². The third kappa shape index (κ3) is 1.93. The van der Waals surface area contributed by atoms with Gasteiger partial charge in [0, 0.05) is 13.6 Å². The molecule has 0 bridgehead atoms. The van der Waals surface area contributed by atoms with Gasteiger partial charge in [0.1, 0.15) is 0 Å². The van der Waals surface area contributed by atoms with Crippen LogP contribution in [0.4, 0.5) is 4.79 Å². The van der Waals surface area contributed by atoms with E-state index in [9.17, 15) is 4.79 Å². The Bertz CT molecular complexity index is 415. The summed E-state index contributed by atoms with van der Waals surface area (Å²) >= 11 is 0. The zero-order valence-corrected chi connectivity index (χ0v) is 10.3. The zero-order valence-electron chi connectivity index (χ0n) is 10.3. The molecule has 0 aromatic heterocycles. The van der Waals surface area contributed by atoms with E-state index in [4.69, 9.17) is 0 Å². The molecule has 2 amide bonds. The van der Waals surface area contributed by atoms with Gasteiger partial charge in [0.2, 0.25) is 0 Å². The quantitative estimate of drug-likeness (QED) is 0.732. The Hall–Kier alpha value is -1.77. The predicted octanol–water partition coefficient (Wildman–Crippen LogP) is 2.67. The maximum atomic E-state index is 12.1. The largest absolute Gasteiger partial charge is 0.323 e. The number of carbonyl (C=O) groups is 1. The van der Waals surface area contributed by atoms with Crippen LogP contribution in [0.2, 0.25) is 0 Å². The smallest absolute Gasteiger partial charge is 0.320 e. The Balaban J connectivity index is 2.36. The Morgan fingerprint density at radius 3 is 2.59 bits per heavy atom. The average Bonchev–Trinajstić information content (AvgIpc) is 2.56. The van der Waals surface area contributed by atoms with E-state index in [-0.39, 0.29) is 18.1 Å². The number of amides is 2. The van der Waals surface area contributed by atoms with Gasteiger partial charge in [-0.2, -0.15) is 0 Å². The van der Waals surface area contributed by atoms with Crippen molar-refractivity contribution in [3.05, 3.63) is 48.6 Å². The highest BCUT2D eigenvalue weighted by Crippen LogP contribution is 2.33. The van der Waals surface area contributed by atoms with Crippen molar-refractivity contribution in [2.45, 2.75) is 19.0 Å². The number of hydrogen-bond acceptors (Lipinski definition) is 1. The molecule has 17 heavy (non-hydrogen) atoms. The van der Waals surface area contributed by atoms with E-state index in [1.165, 1.54) is 5.56 Å². The van der Waals surface area contributed by atoms with Gasteiger partial charge in [0.05, 0.1) is 12.1 Å². The lowest BCUT2D eigenvalue weighted by Crippen LogP contribution is -2.30. The molecule has 1 fully saturated rings. The van der Waals surface area contributed by atoms with Gasteiger partial charge in [-0.3, -0.25) is 0 Å². The fourth-order valence-electron chi connectivity index (χ4n) is 2.41. The Kier molecular flexibility index (Phi) is 3.18. The molecule has 0 saturated carbocycles. The maximum absolute atomic E-state index is 12.1. The molecule has 2 unspecified atom stereocenters. The first kappa shape index (κ1) is 11.7. The van der Waals surface area contributed by atoms with Crippen LogP contribution in [0.1, 0.15) is 18.5 Å². The normalized spacial score (nSPS) is 24.2. The minimum atomic E-state index is 0.0752. The minimum absolute atomic E-state index is 0.0752. The standard InChI is InChI=1S/C14H18N2O/c1-4-10-16-13(11(2)15(3)14(16)17)12-8-6-5-7-9-12/h4-9,11,13H,1,10H2,2-3H3. The van der Waals surface area contributed by atoms with E-state index >= 15 is 0 Å². The van der Waals surface area contributed by atoms with Gasteiger partial charge in [-0.05, 0) is 12.5 Å². The molecule has 0 N–H and O–H groups in total. The van der Waals surface area contributed by atoms with Crippen LogP contribution in [0.3, 0.4) is 0 Å². The van der Waals surface area contributed by atoms with Crippen molar-refractivity contribution in [1.82, 2.24) is 9.80 Å². The topological polar surface area (TPSA) is 23.6 Å². The van der Waals surface area contributed by atoms with Crippen molar-refractivity contribution in [2.24, 2.45) is 0 Å². The van der Waals surface area contributed by atoms with Crippen molar-refractivity contribution in [3.63, 3.8) is 0 Å². The lowest BCUT2D eigenvalue weighted by atomic mass is 10.0. The van der Waals surface area contributed by atoms with Gasteiger partial charge in [-0.1, -0.05) is 36.4 Å². The van der Waals surface area contributed by atoms with Crippen LogP contribution in [0.25, 0.3) is 0 Å². The highest BCUT2D eigenvalue weighted by Gasteiger charge is 2.41. The fourth-order valence-corrected chi connectivity index (χ4v) is 2.41. The van der Waals surface area contributed by atoms with Crippen LogP contribution in [0.15, 0.2) is 43.0 Å².